The summed E-state index contributed by atoms with van der Waals surface area (Å²) in [6.45, 7) is -0.197. The zero-order valence-electron chi connectivity index (χ0n) is 19.6. The Morgan fingerprint density at radius 2 is 1.76 bits per heavy atom. The van der Waals surface area contributed by atoms with Gasteiger partial charge in [0.25, 0.3) is 5.56 Å². The molecule has 0 amide bonds. The number of aryl methyl sites for hydroxylation is 1. The lowest BCUT2D eigenvalue weighted by Crippen LogP contribution is -2.42. The van der Waals surface area contributed by atoms with Gasteiger partial charge in [-0.05, 0) is 48.2 Å². The molecule has 1 aliphatic carbocycles. The van der Waals surface area contributed by atoms with E-state index >= 15 is 0 Å². The zero-order valence-corrected chi connectivity index (χ0v) is 19.6. The summed E-state index contributed by atoms with van der Waals surface area (Å²) in [5.41, 5.74) is -1.97. The number of fused-ring (bicyclic) bond motifs is 1. The lowest BCUT2D eigenvalue weighted by atomic mass is 10.1. The van der Waals surface area contributed by atoms with E-state index in [2.05, 4.69) is 4.98 Å². The number of hydrogen-bond donors (Lipinski definition) is 1. The number of nitrogens with zero attached hydrogens (tertiary/aromatic N) is 4. The molecular formula is C25H22F4N4O4. The fourth-order valence-electron chi connectivity index (χ4n) is 4.14. The Morgan fingerprint density at radius 1 is 1.05 bits per heavy atom. The van der Waals surface area contributed by atoms with Crippen molar-refractivity contribution in [3.63, 3.8) is 0 Å². The molecule has 4 aromatic rings. The molecule has 2 aromatic heterocycles. The maximum Gasteiger partial charge on any atom is 0.393 e. The Morgan fingerprint density at radius 3 is 2.41 bits per heavy atom. The van der Waals surface area contributed by atoms with Gasteiger partial charge < -0.3 is 9.84 Å². The van der Waals surface area contributed by atoms with Gasteiger partial charge in [-0.25, -0.2) is 9.18 Å². The van der Waals surface area contributed by atoms with Crippen LogP contribution < -0.4 is 16.0 Å². The van der Waals surface area contributed by atoms with Crippen LogP contribution >= 0.6 is 0 Å². The molecule has 0 unspecified atom stereocenters. The second-order valence-corrected chi connectivity index (χ2v) is 9.28. The van der Waals surface area contributed by atoms with Gasteiger partial charge in [-0.3, -0.25) is 18.5 Å². The lowest BCUT2D eigenvalue weighted by molar-refractivity contribution is -0.127. The van der Waals surface area contributed by atoms with E-state index in [0.717, 1.165) is 9.13 Å². The highest BCUT2D eigenvalue weighted by atomic mass is 19.4. The third-order valence-corrected chi connectivity index (χ3v) is 6.24. The molecule has 1 N–H and O–H groups in total. The van der Waals surface area contributed by atoms with E-state index in [-0.39, 0.29) is 41.6 Å². The number of ether oxygens (including phenoxy) is 1. The monoisotopic (exact) mass is 518 g/mol. The van der Waals surface area contributed by atoms with Crippen molar-refractivity contribution in [1.29, 1.82) is 0 Å². The summed E-state index contributed by atoms with van der Waals surface area (Å²) in [5.74, 6) is -0.408. The Bertz CT molecular complexity index is 1600. The molecule has 8 nitrogen and oxygen atoms in total. The van der Waals surface area contributed by atoms with Gasteiger partial charge in [0.15, 0.2) is 11.2 Å². The maximum absolute atomic E-state index is 13.5. The van der Waals surface area contributed by atoms with Crippen LogP contribution in [0.2, 0.25) is 0 Å². The average Bonchev–Trinajstić information content (AvgIpc) is 3.45. The van der Waals surface area contributed by atoms with Crippen molar-refractivity contribution in [2.45, 2.75) is 44.1 Å². The van der Waals surface area contributed by atoms with Crippen LogP contribution in [0.15, 0.2) is 58.1 Å². The van der Waals surface area contributed by atoms with Crippen molar-refractivity contribution < 1.29 is 27.4 Å². The largest absolute Gasteiger partial charge is 0.425 e. The summed E-state index contributed by atoms with van der Waals surface area (Å²) in [7, 11) is 1.42. The first-order chi connectivity index (χ1) is 17.4. The number of imidazole rings is 1. The van der Waals surface area contributed by atoms with Gasteiger partial charge in [0.05, 0.1) is 25.1 Å². The molecule has 37 heavy (non-hydrogen) atoms. The molecule has 0 aliphatic heterocycles. The van der Waals surface area contributed by atoms with Crippen LogP contribution in [-0.2, 0) is 26.6 Å². The van der Waals surface area contributed by atoms with Gasteiger partial charge in [-0.15, -0.1) is 0 Å². The molecule has 0 saturated heterocycles. The summed E-state index contributed by atoms with van der Waals surface area (Å²) in [6.07, 6.45) is -4.65. The minimum Gasteiger partial charge on any atom is -0.425 e. The van der Waals surface area contributed by atoms with Gasteiger partial charge in [0, 0.05) is 7.05 Å². The number of benzene rings is 2. The molecule has 2 aromatic carbocycles. The second kappa shape index (κ2) is 8.87. The Labute approximate surface area is 207 Å². The van der Waals surface area contributed by atoms with Crippen molar-refractivity contribution in [2.75, 3.05) is 0 Å². The van der Waals surface area contributed by atoms with E-state index in [0.29, 0.717) is 18.4 Å². The molecule has 1 aliphatic rings. The molecule has 1 saturated carbocycles. The van der Waals surface area contributed by atoms with Crippen molar-refractivity contribution in [3.05, 3.63) is 86.3 Å². The first kappa shape index (κ1) is 24.8. The van der Waals surface area contributed by atoms with E-state index < -0.39 is 35.3 Å². The number of halogens is 4. The van der Waals surface area contributed by atoms with Gasteiger partial charge in [0.2, 0.25) is 0 Å². The topological polar surface area (TPSA) is 91.3 Å². The van der Waals surface area contributed by atoms with E-state index in [1.807, 2.05) is 0 Å². The standard InChI is InChI=1S/C25H22F4N4O4/c1-31-20-19(21(34)33(23(31)35)14-24(36)9-10-24)32(13-15-5-7-17(26)8-6-15)22(30-20)37-18-4-2-3-16(11-18)12-25(27,28)29/h2-8,11,36H,9-10,12-14H2,1H3. The number of alkyl halides is 3. The van der Waals surface area contributed by atoms with Crippen molar-refractivity contribution in [3.8, 4) is 11.8 Å². The van der Waals surface area contributed by atoms with Crippen molar-refractivity contribution in [2.24, 2.45) is 7.05 Å². The van der Waals surface area contributed by atoms with Crippen LogP contribution in [0, 0.1) is 5.82 Å². The maximum atomic E-state index is 13.5. The zero-order chi connectivity index (χ0) is 26.5. The number of aliphatic hydroxyl groups is 1. The second-order valence-electron chi connectivity index (χ2n) is 9.28. The SMILES string of the molecule is Cn1c(=O)n(CC2(O)CC2)c(=O)c2c1nc(Oc1cccc(CC(F)(F)F)c1)n2Cc1ccc(F)cc1. The van der Waals surface area contributed by atoms with Gasteiger partial charge in [0.1, 0.15) is 11.6 Å². The van der Waals surface area contributed by atoms with Gasteiger partial charge >= 0.3 is 17.9 Å². The van der Waals surface area contributed by atoms with E-state index in [4.69, 9.17) is 4.74 Å². The van der Waals surface area contributed by atoms with Gasteiger partial charge in [-0.1, -0.05) is 24.3 Å². The third kappa shape index (κ3) is 5.15. The first-order valence-corrected chi connectivity index (χ1v) is 11.4. The summed E-state index contributed by atoms with van der Waals surface area (Å²) >= 11 is 0. The summed E-state index contributed by atoms with van der Waals surface area (Å²) in [5, 5.41) is 10.4. The Hall–Kier alpha value is -3.93. The highest BCUT2D eigenvalue weighted by molar-refractivity contribution is 5.72. The van der Waals surface area contributed by atoms with Crippen LogP contribution in [0.25, 0.3) is 11.2 Å². The van der Waals surface area contributed by atoms with Crippen LogP contribution in [0.1, 0.15) is 24.0 Å². The number of rotatable bonds is 7. The molecule has 0 atom stereocenters. The fourth-order valence-corrected chi connectivity index (χ4v) is 4.14. The molecule has 5 rings (SSSR count). The van der Waals surface area contributed by atoms with Crippen LogP contribution in [0.3, 0.4) is 0 Å². The lowest BCUT2D eigenvalue weighted by Gasteiger charge is -2.13. The molecule has 2 heterocycles. The summed E-state index contributed by atoms with van der Waals surface area (Å²) in [4.78, 5) is 30.8. The van der Waals surface area contributed by atoms with Crippen LogP contribution in [0.4, 0.5) is 17.6 Å². The van der Waals surface area contributed by atoms with Crippen LogP contribution in [-0.4, -0.2) is 35.6 Å². The smallest absolute Gasteiger partial charge is 0.393 e. The highest BCUT2D eigenvalue weighted by Crippen LogP contribution is 2.36. The normalized spacial score (nSPS) is 14.8. The summed E-state index contributed by atoms with van der Waals surface area (Å²) < 4.78 is 61.5. The number of hydrogen-bond acceptors (Lipinski definition) is 5. The molecule has 1 fully saturated rings. The third-order valence-electron chi connectivity index (χ3n) is 6.24. The molecule has 0 radical (unpaired) electrons. The summed E-state index contributed by atoms with van der Waals surface area (Å²) in [6, 6.07) is 10.7. The van der Waals surface area contributed by atoms with Crippen molar-refractivity contribution >= 4 is 11.2 Å². The molecule has 12 heteroatoms. The minimum absolute atomic E-state index is 0.00223. The van der Waals surface area contributed by atoms with E-state index in [9.17, 15) is 32.3 Å². The average molecular weight is 518 g/mol. The minimum atomic E-state index is -4.41. The molecule has 0 bridgehead atoms. The molecule has 194 valence electrons. The van der Waals surface area contributed by atoms with Crippen molar-refractivity contribution in [1.82, 2.24) is 18.7 Å². The number of aromatic nitrogens is 4. The highest BCUT2D eigenvalue weighted by Gasteiger charge is 2.42. The molecule has 0 spiro atoms. The van der Waals surface area contributed by atoms with Gasteiger partial charge in [-0.2, -0.15) is 18.2 Å². The van der Waals surface area contributed by atoms with E-state index in [1.54, 1.807) is 0 Å². The first-order valence-electron chi connectivity index (χ1n) is 11.4. The quantitative estimate of drug-likeness (QED) is 0.378. The predicted molar refractivity (Wildman–Crippen MR) is 125 cm³/mol. The Balaban J connectivity index is 1.65. The van der Waals surface area contributed by atoms with E-state index in [1.165, 1.54) is 60.1 Å². The molecular weight excluding hydrogens is 496 g/mol. The fraction of sp³-hybridized carbons (Fsp3) is 0.320. The Kier molecular flexibility index (Phi) is 5.94. The predicted octanol–water partition coefficient (Wildman–Crippen LogP) is 3.51. The van der Waals surface area contributed by atoms with Crippen LogP contribution in [0.5, 0.6) is 11.8 Å².